The minimum atomic E-state index is 0.122. The molecule has 6 aromatic rings. The molecule has 0 amide bonds. The monoisotopic (exact) mass is 428 g/mol. The predicted octanol–water partition coefficient (Wildman–Crippen LogP) is 7.20. The van der Waals surface area contributed by atoms with E-state index in [9.17, 15) is 0 Å². The number of hydrogen-bond acceptors (Lipinski definition) is 4. The Morgan fingerprint density at radius 1 is 0.576 bits per heavy atom. The van der Waals surface area contributed by atoms with E-state index in [2.05, 4.69) is 77.6 Å². The molecule has 2 aromatic carbocycles. The quantitative estimate of drug-likeness (QED) is 0.272. The summed E-state index contributed by atoms with van der Waals surface area (Å²) < 4.78 is 0. The van der Waals surface area contributed by atoms with Gasteiger partial charge in [0.2, 0.25) is 0 Å². The van der Waals surface area contributed by atoms with Gasteiger partial charge >= 0.3 is 0 Å². The van der Waals surface area contributed by atoms with Crippen molar-refractivity contribution in [2.45, 2.75) is 32.1 Å². The van der Waals surface area contributed by atoms with Crippen LogP contribution in [-0.4, -0.2) is 19.9 Å². The van der Waals surface area contributed by atoms with E-state index in [4.69, 9.17) is 9.97 Å². The van der Waals surface area contributed by atoms with Gasteiger partial charge < -0.3 is 0 Å². The summed E-state index contributed by atoms with van der Waals surface area (Å²) in [5.41, 5.74) is 5.92. The van der Waals surface area contributed by atoms with Crippen molar-refractivity contribution in [2.75, 3.05) is 0 Å². The lowest BCUT2D eigenvalue weighted by Crippen LogP contribution is -2.07. The first-order chi connectivity index (χ1) is 16.3. The van der Waals surface area contributed by atoms with Crippen LogP contribution in [0.4, 0.5) is 0 Å². The van der Waals surface area contributed by atoms with E-state index in [-0.39, 0.29) is 5.92 Å². The van der Waals surface area contributed by atoms with E-state index in [0.717, 1.165) is 74.3 Å². The molecule has 4 heteroatoms. The normalized spacial score (nSPS) is 11.8. The van der Waals surface area contributed by atoms with E-state index >= 15 is 0 Å². The highest BCUT2D eigenvalue weighted by atomic mass is 14.8. The van der Waals surface area contributed by atoms with Crippen LogP contribution in [0.2, 0.25) is 0 Å². The fraction of sp³-hybridized carbons (Fsp3) is 0.172. The number of hydrogen-bond donors (Lipinski definition) is 0. The maximum absolute atomic E-state index is 5.16. The molecule has 0 N–H and O–H groups in total. The first kappa shape index (κ1) is 19.7. The van der Waals surface area contributed by atoms with Gasteiger partial charge in [-0.25, -0.2) is 9.97 Å². The number of nitrogens with zero attached hydrogens (tertiary/aromatic N) is 4. The van der Waals surface area contributed by atoms with Crippen LogP contribution in [0.3, 0.4) is 0 Å². The Kier molecular flexibility index (Phi) is 4.91. The SMILES string of the molecule is CCCCC(c1ccc2ccc3cccnc3c2n1)c1ccc2ccc3cccnc3c2n1. The fourth-order valence-electron chi connectivity index (χ4n) is 4.72. The first-order valence-electron chi connectivity index (χ1n) is 11.6. The predicted molar refractivity (Wildman–Crippen MR) is 135 cm³/mol. The van der Waals surface area contributed by atoms with E-state index in [0.29, 0.717) is 0 Å². The van der Waals surface area contributed by atoms with Gasteiger partial charge in [-0.1, -0.05) is 68.3 Å². The maximum atomic E-state index is 5.16. The van der Waals surface area contributed by atoms with Gasteiger partial charge in [0.25, 0.3) is 0 Å². The molecule has 4 nitrogen and oxygen atoms in total. The highest BCUT2D eigenvalue weighted by molar-refractivity contribution is 6.03. The number of benzene rings is 2. The fourth-order valence-corrected chi connectivity index (χ4v) is 4.72. The standard InChI is InChI=1S/C29H24N4/c1-2-3-8-23(24-15-13-21-11-9-19-6-4-17-30-26(19)28(21)32-24)25-16-14-22-12-10-20-7-5-18-31-27(20)29(22)33-25/h4-7,9-18,23H,2-3,8H2,1H3. The van der Waals surface area contributed by atoms with Crippen LogP contribution in [0, 0.1) is 0 Å². The Balaban J connectivity index is 1.54. The van der Waals surface area contributed by atoms with Gasteiger partial charge in [0, 0.05) is 39.9 Å². The lowest BCUT2D eigenvalue weighted by Gasteiger charge is -2.18. The molecule has 0 bridgehead atoms. The summed E-state index contributed by atoms with van der Waals surface area (Å²) in [5, 5.41) is 4.45. The summed E-state index contributed by atoms with van der Waals surface area (Å²) in [6.07, 6.45) is 6.93. The zero-order valence-electron chi connectivity index (χ0n) is 18.6. The molecule has 4 aromatic heterocycles. The maximum Gasteiger partial charge on any atom is 0.0968 e. The average Bonchev–Trinajstić information content (AvgIpc) is 2.88. The van der Waals surface area contributed by atoms with Gasteiger partial charge in [-0.15, -0.1) is 0 Å². The van der Waals surface area contributed by atoms with Crippen LogP contribution in [0.25, 0.3) is 43.6 Å². The Bertz CT molecular complexity index is 1500. The second-order valence-electron chi connectivity index (χ2n) is 8.59. The molecule has 0 atom stereocenters. The second-order valence-corrected chi connectivity index (χ2v) is 8.59. The molecule has 0 spiro atoms. The molecule has 6 rings (SSSR count). The molecule has 0 saturated heterocycles. The lowest BCUT2D eigenvalue weighted by molar-refractivity contribution is 0.629. The van der Waals surface area contributed by atoms with Gasteiger partial charge in [-0.05, 0) is 30.7 Å². The van der Waals surface area contributed by atoms with Crippen molar-refractivity contribution in [2.24, 2.45) is 0 Å². The molecule has 0 aliphatic carbocycles. The van der Waals surface area contributed by atoms with Gasteiger partial charge in [0.1, 0.15) is 0 Å². The molecule has 160 valence electrons. The molecule has 0 saturated carbocycles. The molecule has 0 unspecified atom stereocenters. The highest BCUT2D eigenvalue weighted by Crippen LogP contribution is 2.32. The lowest BCUT2D eigenvalue weighted by atomic mass is 9.92. The molecular weight excluding hydrogens is 404 g/mol. The van der Waals surface area contributed by atoms with Crippen LogP contribution < -0.4 is 0 Å². The highest BCUT2D eigenvalue weighted by Gasteiger charge is 2.19. The molecule has 33 heavy (non-hydrogen) atoms. The molecule has 0 fully saturated rings. The summed E-state index contributed by atoms with van der Waals surface area (Å²) in [5.74, 6) is 0.122. The summed E-state index contributed by atoms with van der Waals surface area (Å²) in [6, 6.07) is 25.3. The van der Waals surface area contributed by atoms with Crippen molar-refractivity contribution in [3.05, 3.63) is 96.6 Å². The minimum absolute atomic E-state index is 0.122. The third-order valence-corrected chi connectivity index (χ3v) is 6.47. The largest absolute Gasteiger partial charge is 0.254 e. The minimum Gasteiger partial charge on any atom is -0.254 e. The molecule has 0 aliphatic heterocycles. The Hall–Kier alpha value is -3.92. The Morgan fingerprint density at radius 3 is 1.52 bits per heavy atom. The van der Waals surface area contributed by atoms with E-state index in [1.165, 1.54) is 0 Å². The molecule has 0 radical (unpaired) electrons. The topological polar surface area (TPSA) is 51.6 Å². The summed E-state index contributed by atoms with van der Waals surface area (Å²) in [6.45, 7) is 2.23. The molecular formula is C29H24N4. The zero-order chi connectivity index (χ0) is 22.2. The number of unbranched alkanes of at least 4 members (excludes halogenated alkanes) is 1. The number of aromatic nitrogens is 4. The van der Waals surface area contributed by atoms with E-state index < -0.39 is 0 Å². The van der Waals surface area contributed by atoms with Gasteiger partial charge in [0.05, 0.1) is 33.5 Å². The van der Waals surface area contributed by atoms with Gasteiger partial charge in [0.15, 0.2) is 0 Å². The summed E-state index contributed by atoms with van der Waals surface area (Å²) >= 11 is 0. The smallest absolute Gasteiger partial charge is 0.0968 e. The van der Waals surface area contributed by atoms with E-state index in [1.54, 1.807) is 0 Å². The van der Waals surface area contributed by atoms with Crippen molar-refractivity contribution in [3.63, 3.8) is 0 Å². The molecule has 0 aliphatic rings. The number of rotatable bonds is 5. The van der Waals surface area contributed by atoms with Crippen molar-refractivity contribution in [1.82, 2.24) is 19.9 Å². The third-order valence-electron chi connectivity index (χ3n) is 6.47. The second kappa shape index (κ2) is 8.21. The van der Waals surface area contributed by atoms with Crippen molar-refractivity contribution >= 4 is 43.6 Å². The first-order valence-corrected chi connectivity index (χ1v) is 11.6. The third kappa shape index (κ3) is 3.48. The van der Waals surface area contributed by atoms with Crippen LogP contribution in [0.15, 0.2) is 85.2 Å². The Morgan fingerprint density at radius 2 is 1.03 bits per heavy atom. The molecule has 4 heterocycles. The van der Waals surface area contributed by atoms with Crippen molar-refractivity contribution < 1.29 is 0 Å². The van der Waals surface area contributed by atoms with Crippen molar-refractivity contribution in [3.8, 4) is 0 Å². The Labute approximate surface area is 192 Å². The number of fused-ring (bicyclic) bond motifs is 6. The summed E-state index contributed by atoms with van der Waals surface area (Å²) in [4.78, 5) is 19.6. The zero-order valence-corrected chi connectivity index (χ0v) is 18.6. The van der Waals surface area contributed by atoms with Crippen LogP contribution in [-0.2, 0) is 0 Å². The number of pyridine rings is 4. The van der Waals surface area contributed by atoms with Gasteiger partial charge in [-0.2, -0.15) is 0 Å². The summed E-state index contributed by atoms with van der Waals surface area (Å²) in [7, 11) is 0. The van der Waals surface area contributed by atoms with Crippen LogP contribution >= 0.6 is 0 Å². The van der Waals surface area contributed by atoms with Gasteiger partial charge in [-0.3, -0.25) is 9.97 Å². The van der Waals surface area contributed by atoms with Crippen LogP contribution in [0.1, 0.15) is 43.5 Å². The van der Waals surface area contributed by atoms with Crippen molar-refractivity contribution in [1.29, 1.82) is 0 Å². The van der Waals surface area contributed by atoms with Crippen LogP contribution in [0.5, 0.6) is 0 Å². The van der Waals surface area contributed by atoms with E-state index in [1.807, 2.05) is 24.5 Å². The average molecular weight is 429 g/mol.